The van der Waals surface area contributed by atoms with Crippen molar-refractivity contribution in [3.63, 3.8) is 0 Å². The summed E-state index contributed by atoms with van der Waals surface area (Å²) < 4.78 is 0. The molecule has 0 aliphatic rings. The second-order valence-electron chi connectivity index (χ2n) is 6.69. The molecule has 1 aromatic carbocycles. The summed E-state index contributed by atoms with van der Waals surface area (Å²) in [6.45, 7) is 13.9. The topological polar surface area (TPSA) is 53.1 Å². The Balaban J connectivity index is 2.06. The van der Waals surface area contributed by atoms with E-state index in [4.69, 9.17) is 0 Å². The Morgan fingerprint density at radius 3 is 2.40 bits per heavy atom. The molecule has 2 rings (SSSR count). The zero-order valence-electron chi connectivity index (χ0n) is 16.1. The van der Waals surface area contributed by atoms with Crippen LogP contribution in [0.4, 0.5) is 23.0 Å². The predicted octanol–water partition coefficient (Wildman–Crippen LogP) is 4.83. The van der Waals surface area contributed by atoms with Crippen LogP contribution in [0, 0.1) is 12.8 Å². The molecule has 0 aliphatic carbocycles. The van der Waals surface area contributed by atoms with Crippen LogP contribution in [0.1, 0.15) is 39.7 Å². The van der Waals surface area contributed by atoms with Crippen LogP contribution in [0.15, 0.2) is 30.6 Å². The molecular weight excluding hydrogens is 310 g/mol. The predicted molar refractivity (Wildman–Crippen MR) is 108 cm³/mol. The lowest BCUT2D eigenvalue weighted by Gasteiger charge is -2.22. The molecule has 0 atom stereocenters. The van der Waals surface area contributed by atoms with Gasteiger partial charge in [0.05, 0.1) is 0 Å². The SMILES string of the molecule is CCN(CC)c1ccc(Nc2cc(NCCC(C)C)ncn2)c(C)c1. The highest BCUT2D eigenvalue weighted by molar-refractivity contribution is 5.66. The van der Waals surface area contributed by atoms with Crippen LogP contribution in [-0.2, 0) is 0 Å². The third-order valence-electron chi connectivity index (χ3n) is 4.30. The Morgan fingerprint density at radius 1 is 1.04 bits per heavy atom. The zero-order valence-corrected chi connectivity index (χ0v) is 16.1. The highest BCUT2D eigenvalue weighted by Gasteiger charge is 2.06. The first-order valence-corrected chi connectivity index (χ1v) is 9.22. The van der Waals surface area contributed by atoms with Crippen molar-refractivity contribution in [2.75, 3.05) is 35.2 Å². The first-order chi connectivity index (χ1) is 12.0. The molecule has 0 saturated carbocycles. The van der Waals surface area contributed by atoms with Crippen LogP contribution in [0.5, 0.6) is 0 Å². The number of hydrogen-bond donors (Lipinski definition) is 2. The van der Waals surface area contributed by atoms with E-state index in [1.165, 1.54) is 11.3 Å². The fourth-order valence-corrected chi connectivity index (χ4v) is 2.72. The van der Waals surface area contributed by atoms with Gasteiger partial charge in [-0.15, -0.1) is 0 Å². The fraction of sp³-hybridized carbons (Fsp3) is 0.500. The van der Waals surface area contributed by atoms with E-state index < -0.39 is 0 Å². The van der Waals surface area contributed by atoms with Crippen LogP contribution in [0.2, 0.25) is 0 Å². The van der Waals surface area contributed by atoms with E-state index in [9.17, 15) is 0 Å². The first-order valence-electron chi connectivity index (χ1n) is 9.22. The van der Waals surface area contributed by atoms with E-state index in [-0.39, 0.29) is 0 Å². The van der Waals surface area contributed by atoms with Crippen molar-refractivity contribution in [1.29, 1.82) is 0 Å². The summed E-state index contributed by atoms with van der Waals surface area (Å²) in [5.74, 6) is 2.34. The molecule has 0 unspecified atom stereocenters. The lowest BCUT2D eigenvalue weighted by Crippen LogP contribution is -2.21. The largest absolute Gasteiger partial charge is 0.372 e. The van der Waals surface area contributed by atoms with E-state index in [2.05, 4.69) is 78.3 Å². The van der Waals surface area contributed by atoms with Crippen LogP contribution in [0.3, 0.4) is 0 Å². The minimum atomic E-state index is 0.680. The van der Waals surface area contributed by atoms with Gasteiger partial charge in [0.2, 0.25) is 0 Å². The van der Waals surface area contributed by atoms with Crippen molar-refractivity contribution in [2.45, 2.75) is 41.0 Å². The number of aromatic nitrogens is 2. The number of rotatable bonds is 9. The minimum Gasteiger partial charge on any atom is -0.372 e. The minimum absolute atomic E-state index is 0.680. The molecule has 0 aliphatic heterocycles. The van der Waals surface area contributed by atoms with Gasteiger partial charge < -0.3 is 15.5 Å². The first kappa shape index (κ1) is 19.0. The molecule has 1 heterocycles. The summed E-state index contributed by atoms with van der Waals surface area (Å²) in [4.78, 5) is 11.0. The third-order valence-corrected chi connectivity index (χ3v) is 4.30. The lowest BCUT2D eigenvalue weighted by atomic mass is 10.1. The number of nitrogens with zero attached hydrogens (tertiary/aromatic N) is 3. The molecule has 0 spiro atoms. The Hall–Kier alpha value is -2.30. The molecule has 5 heteroatoms. The van der Waals surface area contributed by atoms with Crippen LogP contribution >= 0.6 is 0 Å². The van der Waals surface area contributed by atoms with E-state index >= 15 is 0 Å². The fourth-order valence-electron chi connectivity index (χ4n) is 2.72. The molecule has 2 aromatic rings. The monoisotopic (exact) mass is 341 g/mol. The standard InChI is InChI=1S/C20H31N5/c1-6-25(7-2)17-8-9-18(16(5)12-17)24-20-13-19(22-14-23-20)21-11-10-15(3)4/h8-9,12-15H,6-7,10-11H2,1-5H3,(H2,21,22,23,24). The Morgan fingerprint density at radius 2 is 1.76 bits per heavy atom. The summed E-state index contributed by atoms with van der Waals surface area (Å²) in [5, 5.41) is 6.76. The maximum Gasteiger partial charge on any atom is 0.135 e. The summed E-state index contributed by atoms with van der Waals surface area (Å²) in [5.41, 5.74) is 3.53. The van der Waals surface area contributed by atoms with Gasteiger partial charge in [-0.2, -0.15) is 0 Å². The van der Waals surface area contributed by atoms with Gasteiger partial charge in [0.25, 0.3) is 0 Å². The number of nitrogens with one attached hydrogen (secondary N) is 2. The summed E-state index contributed by atoms with van der Waals surface area (Å²) in [6.07, 6.45) is 2.72. The average Bonchev–Trinajstić information content (AvgIpc) is 2.58. The highest BCUT2D eigenvalue weighted by Crippen LogP contribution is 2.25. The average molecular weight is 342 g/mol. The Kier molecular flexibility index (Phi) is 7.04. The Bertz CT molecular complexity index is 665. The second-order valence-corrected chi connectivity index (χ2v) is 6.69. The quantitative estimate of drug-likeness (QED) is 0.684. The number of benzene rings is 1. The molecule has 25 heavy (non-hydrogen) atoms. The van der Waals surface area contributed by atoms with E-state index in [0.29, 0.717) is 5.92 Å². The molecule has 5 nitrogen and oxygen atoms in total. The van der Waals surface area contributed by atoms with Gasteiger partial charge in [0.1, 0.15) is 18.0 Å². The van der Waals surface area contributed by atoms with Crippen molar-refractivity contribution in [3.8, 4) is 0 Å². The highest BCUT2D eigenvalue weighted by atomic mass is 15.1. The van der Waals surface area contributed by atoms with Crippen LogP contribution < -0.4 is 15.5 Å². The molecule has 0 bridgehead atoms. The van der Waals surface area contributed by atoms with Crippen molar-refractivity contribution < 1.29 is 0 Å². The number of aryl methyl sites for hydroxylation is 1. The van der Waals surface area contributed by atoms with Crippen molar-refractivity contribution >= 4 is 23.0 Å². The maximum absolute atomic E-state index is 4.34. The smallest absolute Gasteiger partial charge is 0.135 e. The molecule has 2 N–H and O–H groups in total. The van der Waals surface area contributed by atoms with Gasteiger partial charge in [-0.05, 0) is 56.9 Å². The third kappa shape index (κ3) is 5.62. The molecular formula is C20H31N5. The molecule has 1 aromatic heterocycles. The van der Waals surface area contributed by atoms with Gasteiger partial charge in [-0.25, -0.2) is 9.97 Å². The van der Waals surface area contributed by atoms with E-state index in [1.54, 1.807) is 6.33 Å². The number of anilines is 4. The lowest BCUT2D eigenvalue weighted by molar-refractivity contribution is 0.606. The van der Waals surface area contributed by atoms with Gasteiger partial charge in [-0.3, -0.25) is 0 Å². The van der Waals surface area contributed by atoms with Crippen LogP contribution in [-0.4, -0.2) is 29.6 Å². The summed E-state index contributed by atoms with van der Waals surface area (Å²) >= 11 is 0. The summed E-state index contributed by atoms with van der Waals surface area (Å²) in [7, 11) is 0. The van der Waals surface area contributed by atoms with Gasteiger partial charge in [0, 0.05) is 37.1 Å². The maximum atomic E-state index is 4.34. The molecule has 0 saturated heterocycles. The van der Waals surface area contributed by atoms with Crippen molar-refractivity contribution in [3.05, 3.63) is 36.2 Å². The summed E-state index contributed by atoms with van der Waals surface area (Å²) in [6, 6.07) is 8.46. The Labute approximate surface area is 151 Å². The zero-order chi connectivity index (χ0) is 18.2. The van der Waals surface area contributed by atoms with Gasteiger partial charge in [-0.1, -0.05) is 13.8 Å². The second kappa shape index (κ2) is 9.25. The van der Waals surface area contributed by atoms with Gasteiger partial charge in [0.15, 0.2) is 0 Å². The van der Waals surface area contributed by atoms with E-state index in [1.807, 2.05) is 6.07 Å². The molecule has 0 radical (unpaired) electrons. The molecule has 136 valence electrons. The molecule has 0 amide bonds. The molecule has 0 fully saturated rings. The number of hydrogen-bond acceptors (Lipinski definition) is 5. The van der Waals surface area contributed by atoms with Crippen LogP contribution in [0.25, 0.3) is 0 Å². The van der Waals surface area contributed by atoms with E-state index in [0.717, 1.165) is 43.4 Å². The van der Waals surface area contributed by atoms with Gasteiger partial charge >= 0.3 is 0 Å². The van der Waals surface area contributed by atoms with Crippen molar-refractivity contribution in [1.82, 2.24) is 9.97 Å². The normalized spacial score (nSPS) is 10.8. The van der Waals surface area contributed by atoms with Crippen molar-refractivity contribution in [2.24, 2.45) is 5.92 Å².